The van der Waals surface area contributed by atoms with Gasteiger partial charge in [0.2, 0.25) is 0 Å². The van der Waals surface area contributed by atoms with E-state index >= 15 is 0 Å². The molecule has 1 unspecified atom stereocenters. The van der Waals surface area contributed by atoms with Gasteiger partial charge in [0.25, 0.3) is 0 Å². The normalized spacial score (nSPS) is 16.1. The molecule has 1 saturated heterocycles. The summed E-state index contributed by atoms with van der Waals surface area (Å²) in [6.07, 6.45) is -5.45. The van der Waals surface area contributed by atoms with Crippen LogP contribution >= 0.6 is 0 Å². The molecule has 2 heterocycles. The van der Waals surface area contributed by atoms with Gasteiger partial charge in [-0.1, -0.05) is 12.1 Å². The highest BCUT2D eigenvalue weighted by Crippen LogP contribution is 2.37. The number of rotatable bonds is 5. The van der Waals surface area contributed by atoms with Crippen LogP contribution in [0, 0.1) is 13.8 Å². The summed E-state index contributed by atoms with van der Waals surface area (Å²) in [6, 6.07) is 3.33. The molecule has 0 saturated carbocycles. The van der Waals surface area contributed by atoms with Crippen LogP contribution in [0.4, 0.5) is 19.0 Å². The zero-order valence-corrected chi connectivity index (χ0v) is 16.0. The average Bonchev–Trinajstić information content (AvgIpc) is 3.14. The van der Waals surface area contributed by atoms with E-state index in [4.69, 9.17) is 9.47 Å². The van der Waals surface area contributed by atoms with E-state index in [0.717, 1.165) is 6.07 Å². The summed E-state index contributed by atoms with van der Waals surface area (Å²) in [7, 11) is 0. The maximum absolute atomic E-state index is 13.2. The fourth-order valence-corrected chi connectivity index (χ4v) is 3.32. The number of aromatic carboxylic acids is 1. The highest BCUT2D eigenvalue weighted by Gasteiger charge is 2.34. The van der Waals surface area contributed by atoms with E-state index in [9.17, 15) is 23.1 Å². The first kappa shape index (κ1) is 21.0. The van der Waals surface area contributed by atoms with Crippen molar-refractivity contribution >= 4 is 11.8 Å². The van der Waals surface area contributed by atoms with Crippen molar-refractivity contribution < 1.29 is 32.5 Å². The highest BCUT2D eigenvalue weighted by molar-refractivity contribution is 5.88. The Bertz CT molecular complexity index is 928. The maximum atomic E-state index is 13.2. The van der Waals surface area contributed by atoms with Gasteiger partial charge in [0.1, 0.15) is 11.6 Å². The van der Waals surface area contributed by atoms with Gasteiger partial charge in [0.05, 0.1) is 30.4 Å². The third-order valence-electron chi connectivity index (χ3n) is 4.62. The largest absolute Gasteiger partial charge is 0.476 e. The summed E-state index contributed by atoms with van der Waals surface area (Å²) in [4.78, 5) is 19.9. The fraction of sp³-hybridized carbons (Fsp3) is 0.421. The minimum absolute atomic E-state index is 0.0825. The molecule has 0 aliphatic carbocycles. The molecule has 0 amide bonds. The molecule has 0 bridgehead atoms. The third kappa shape index (κ3) is 4.33. The van der Waals surface area contributed by atoms with E-state index in [2.05, 4.69) is 15.3 Å². The van der Waals surface area contributed by atoms with Gasteiger partial charge in [0, 0.05) is 0 Å². The lowest BCUT2D eigenvalue weighted by Gasteiger charge is -2.23. The molecule has 1 aromatic heterocycles. The lowest BCUT2D eigenvalue weighted by atomic mass is 9.97. The minimum Gasteiger partial charge on any atom is -0.476 e. The van der Waals surface area contributed by atoms with Crippen molar-refractivity contribution in [3.63, 3.8) is 0 Å². The van der Waals surface area contributed by atoms with Gasteiger partial charge in [-0.15, -0.1) is 0 Å². The number of nitrogens with one attached hydrogen (secondary N) is 1. The molecule has 0 spiro atoms. The topological polar surface area (TPSA) is 93.6 Å². The van der Waals surface area contributed by atoms with E-state index in [0.29, 0.717) is 5.56 Å². The van der Waals surface area contributed by atoms with Crippen LogP contribution in [-0.4, -0.2) is 34.3 Å². The standard InChI is InChI=1S/C19H20F3N3O4/c1-9-12(5-4-6-13(9)19(20,21)22)10(2)23-16-14(18-28-7-8-29-18)15(17(26)27)24-11(3)25-16/h4-6,10,18H,7-8H2,1-3H3,(H,26,27)(H,23,24,25). The van der Waals surface area contributed by atoms with Gasteiger partial charge in [-0.05, 0) is 38.0 Å². The molecule has 0 radical (unpaired) electrons. The average molecular weight is 411 g/mol. The van der Waals surface area contributed by atoms with Crippen LogP contribution in [0.2, 0.25) is 0 Å². The molecule has 2 aromatic rings. The van der Waals surface area contributed by atoms with E-state index in [-0.39, 0.29) is 41.7 Å². The number of benzene rings is 1. The Labute approximate surface area is 164 Å². The lowest BCUT2D eigenvalue weighted by Crippen LogP contribution is -2.19. The quantitative estimate of drug-likeness (QED) is 0.767. The Morgan fingerprint density at radius 2 is 1.90 bits per heavy atom. The van der Waals surface area contributed by atoms with Gasteiger partial charge in [-0.2, -0.15) is 13.2 Å². The van der Waals surface area contributed by atoms with Crippen molar-refractivity contribution in [3.8, 4) is 0 Å². The first-order valence-electron chi connectivity index (χ1n) is 8.88. The summed E-state index contributed by atoms with van der Waals surface area (Å²) >= 11 is 0. The number of alkyl halides is 3. The molecule has 7 nitrogen and oxygen atoms in total. The molecule has 156 valence electrons. The molecule has 1 aromatic carbocycles. The number of nitrogens with zero attached hydrogens (tertiary/aromatic N) is 2. The predicted octanol–water partition coefficient (Wildman–Crippen LogP) is 4.03. The zero-order chi connectivity index (χ0) is 21.3. The first-order valence-corrected chi connectivity index (χ1v) is 8.88. The number of ether oxygens (including phenoxy) is 2. The van der Waals surface area contributed by atoms with Crippen molar-refractivity contribution in [1.82, 2.24) is 9.97 Å². The molecule has 10 heteroatoms. The van der Waals surface area contributed by atoms with Gasteiger partial charge in [-0.3, -0.25) is 0 Å². The predicted molar refractivity (Wildman–Crippen MR) is 96.6 cm³/mol. The Morgan fingerprint density at radius 1 is 1.24 bits per heavy atom. The van der Waals surface area contributed by atoms with Gasteiger partial charge in [0.15, 0.2) is 12.0 Å². The molecule has 2 N–H and O–H groups in total. The number of anilines is 1. The molecule has 1 fully saturated rings. The van der Waals surface area contributed by atoms with Crippen LogP contribution in [0.3, 0.4) is 0 Å². The van der Waals surface area contributed by atoms with Crippen LogP contribution in [0.25, 0.3) is 0 Å². The Hall–Kier alpha value is -2.72. The minimum atomic E-state index is -4.47. The van der Waals surface area contributed by atoms with Crippen LogP contribution in [0.1, 0.15) is 57.8 Å². The lowest BCUT2D eigenvalue weighted by molar-refractivity contribution is -0.138. The van der Waals surface area contributed by atoms with Crippen molar-refractivity contribution in [2.45, 2.75) is 39.3 Å². The van der Waals surface area contributed by atoms with Crippen LogP contribution < -0.4 is 5.32 Å². The van der Waals surface area contributed by atoms with Gasteiger partial charge < -0.3 is 19.9 Å². The maximum Gasteiger partial charge on any atom is 0.416 e. The number of hydrogen-bond donors (Lipinski definition) is 2. The summed E-state index contributed by atoms with van der Waals surface area (Å²) in [5.41, 5.74) is -0.403. The Morgan fingerprint density at radius 3 is 2.48 bits per heavy atom. The van der Waals surface area contributed by atoms with Crippen molar-refractivity contribution in [1.29, 1.82) is 0 Å². The van der Waals surface area contributed by atoms with Crippen molar-refractivity contribution in [2.75, 3.05) is 18.5 Å². The van der Waals surface area contributed by atoms with Crippen LogP contribution in [0.15, 0.2) is 18.2 Å². The highest BCUT2D eigenvalue weighted by atomic mass is 19.4. The number of carboxylic acids is 1. The Balaban J connectivity index is 2.03. The molecule has 3 rings (SSSR count). The van der Waals surface area contributed by atoms with Crippen molar-refractivity contribution in [2.24, 2.45) is 0 Å². The summed E-state index contributed by atoms with van der Waals surface area (Å²) in [6.45, 7) is 5.14. The summed E-state index contributed by atoms with van der Waals surface area (Å²) in [5.74, 6) is -0.943. The van der Waals surface area contributed by atoms with E-state index in [1.165, 1.54) is 19.9 Å². The van der Waals surface area contributed by atoms with Gasteiger partial charge >= 0.3 is 12.1 Å². The van der Waals surface area contributed by atoms with E-state index < -0.39 is 30.0 Å². The molecule has 1 aliphatic heterocycles. The second-order valence-electron chi connectivity index (χ2n) is 6.64. The number of hydrogen-bond acceptors (Lipinski definition) is 6. The smallest absolute Gasteiger partial charge is 0.416 e. The number of aryl methyl sites for hydroxylation is 1. The fourth-order valence-electron chi connectivity index (χ4n) is 3.32. The third-order valence-corrected chi connectivity index (χ3v) is 4.62. The van der Waals surface area contributed by atoms with Crippen LogP contribution in [-0.2, 0) is 15.7 Å². The van der Waals surface area contributed by atoms with E-state index in [1.54, 1.807) is 13.0 Å². The number of halogens is 3. The molecular formula is C19H20F3N3O4. The second-order valence-corrected chi connectivity index (χ2v) is 6.64. The summed E-state index contributed by atoms with van der Waals surface area (Å²) in [5, 5.41) is 12.6. The first-order chi connectivity index (χ1) is 13.6. The summed E-state index contributed by atoms with van der Waals surface area (Å²) < 4.78 is 50.6. The SMILES string of the molecule is Cc1nc(NC(C)c2cccc(C(F)(F)F)c2C)c(C2OCCO2)c(C(=O)O)n1. The molecule has 29 heavy (non-hydrogen) atoms. The zero-order valence-electron chi connectivity index (χ0n) is 16.0. The monoisotopic (exact) mass is 411 g/mol. The molecule has 1 aliphatic rings. The molecular weight excluding hydrogens is 391 g/mol. The number of carboxylic acid groups (broad SMARTS) is 1. The number of aromatic nitrogens is 2. The number of carbonyl (C=O) groups is 1. The second kappa shape index (κ2) is 7.96. The molecule has 1 atom stereocenters. The van der Waals surface area contributed by atoms with Gasteiger partial charge in [-0.25, -0.2) is 14.8 Å². The van der Waals surface area contributed by atoms with Crippen LogP contribution in [0.5, 0.6) is 0 Å². The van der Waals surface area contributed by atoms with E-state index in [1.807, 2.05) is 0 Å². The van der Waals surface area contributed by atoms with Crippen molar-refractivity contribution in [3.05, 3.63) is 52.0 Å². The Kier molecular flexibility index (Phi) is 5.76.